The third-order valence-electron chi connectivity index (χ3n) is 24.3. The summed E-state index contributed by atoms with van der Waals surface area (Å²) >= 11 is 0. The Morgan fingerprint density at radius 2 is 1.11 bits per heavy atom. The van der Waals surface area contributed by atoms with E-state index in [9.17, 15) is 91.9 Å². The highest BCUT2D eigenvalue weighted by Gasteiger charge is 2.75. The van der Waals surface area contributed by atoms with E-state index in [0.29, 0.717) is 19.4 Å². The van der Waals surface area contributed by atoms with Crippen LogP contribution in [0.5, 0.6) is 0 Å². The second kappa shape index (κ2) is 28.6. The van der Waals surface area contributed by atoms with Crippen molar-refractivity contribution in [3.8, 4) is 0 Å². The van der Waals surface area contributed by atoms with Crippen molar-refractivity contribution in [2.45, 2.75) is 303 Å². The second-order valence-corrected chi connectivity index (χ2v) is 30.7. The molecule has 0 aromatic rings. The molecule has 11 aliphatic rings. The molecule has 7 heterocycles. The van der Waals surface area contributed by atoms with Crippen LogP contribution in [-0.4, -0.2) is 327 Å². The Morgan fingerprint density at radius 3 is 1.77 bits per heavy atom. The van der Waals surface area contributed by atoms with Gasteiger partial charge >= 0.3 is 0 Å². The smallest absolute Gasteiger partial charge is 0.187 e. The van der Waals surface area contributed by atoms with Gasteiger partial charge in [-0.25, -0.2) is 0 Å². The molecule has 4 aliphatic carbocycles. The summed E-state index contributed by atoms with van der Waals surface area (Å²) in [5.74, 6) is -0.0192. The lowest BCUT2D eigenvalue weighted by Gasteiger charge is -2.70. The molecule has 4 saturated carbocycles. The summed E-state index contributed by atoms with van der Waals surface area (Å²) in [6, 6.07) is 0. The summed E-state index contributed by atoms with van der Waals surface area (Å²) in [4.78, 5) is 0. The number of hydrogen-bond donors (Lipinski definition) is 18. The first-order valence-corrected chi connectivity index (χ1v) is 33.8. The van der Waals surface area contributed by atoms with Gasteiger partial charge in [0.25, 0.3) is 0 Å². The first-order chi connectivity index (χ1) is 44.6. The van der Waals surface area contributed by atoms with Crippen LogP contribution in [0.4, 0.5) is 0 Å². The van der Waals surface area contributed by atoms with Gasteiger partial charge in [0.2, 0.25) is 0 Å². The Kier molecular flexibility index (Phi) is 22.5. The predicted molar refractivity (Wildman–Crippen MR) is 318 cm³/mol. The van der Waals surface area contributed by atoms with Crippen LogP contribution in [0.2, 0.25) is 0 Å². The zero-order valence-electron chi connectivity index (χ0n) is 55.0. The molecule has 1 spiro atoms. The summed E-state index contributed by atoms with van der Waals surface area (Å²) in [6.07, 6.45) is -42.1. The molecule has 11 rings (SSSR count). The minimum Gasteiger partial charge on any atom is -0.394 e. The standard InChI is InChI=1S/C64H106O31/c1-24(2)15-26(88-57-50(81)45(76)41(72)32(19-66)90-57)16-63(8,82)37-27-9-10-35-61(6)13-12-36(60(4,5)34(61)11-14-62(35,7)64(27)17-30(37)86-23-64)92-58-53(95-56-49(80)43(74)38(69)25(3)87-56)51(29(68)21-84-58)93-59-52(94-55-47(78)39(70)28(67)20-83-55)46(77)42(73)33(91-59)22-85-54-48(79)44(75)40(71)31(18-65)89-54/h15,25-59,65-82H,9-14,16-23H2,1-8H3. The molecular formula is C64H106O31. The van der Waals surface area contributed by atoms with Gasteiger partial charge in [0.15, 0.2) is 37.7 Å². The van der Waals surface area contributed by atoms with Crippen LogP contribution in [0.1, 0.15) is 107 Å². The van der Waals surface area contributed by atoms with Crippen molar-refractivity contribution >= 4 is 0 Å². The minimum atomic E-state index is -2.07. The lowest BCUT2D eigenvalue weighted by atomic mass is 9.35. The van der Waals surface area contributed by atoms with Gasteiger partial charge in [-0.2, -0.15) is 0 Å². The third kappa shape index (κ3) is 13.4. The molecule has 11 fully saturated rings. The van der Waals surface area contributed by atoms with Crippen LogP contribution >= 0.6 is 0 Å². The molecule has 39 atom stereocenters. The van der Waals surface area contributed by atoms with E-state index in [-0.39, 0.29) is 52.4 Å². The summed E-state index contributed by atoms with van der Waals surface area (Å²) in [7, 11) is 0. The molecule has 39 unspecified atom stereocenters. The predicted octanol–water partition coefficient (Wildman–Crippen LogP) is -5.26. The van der Waals surface area contributed by atoms with E-state index in [0.717, 1.165) is 37.7 Å². The van der Waals surface area contributed by atoms with Crippen molar-refractivity contribution in [3.05, 3.63) is 11.6 Å². The van der Waals surface area contributed by atoms with Crippen molar-refractivity contribution in [2.75, 3.05) is 39.6 Å². The Hall–Kier alpha value is -1.50. The molecule has 548 valence electrons. The number of fused-ring (bicyclic) bond motifs is 4. The lowest BCUT2D eigenvalue weighted by molar-refractivity contribution is -0.401. The first-order valence-electron chi connectivity index (χ1n) is 33.8. The van der Waals surface area contributed by atoms with Gasteiger partial charge < -0.3 is 153 Å². The van der Waals surface area contributed by atoms with E-state index in [1.807, 2.05) is 26.8 Å². The fourth-order valence-electron chi connectivity index (χ4n) is 19.2. The lowest BCUT2D eigenvalue weighted by Crippen LogP contribution is -2.68. The Labute approximate surface area is 551 Å². The topological polar surface area (TPSA) is 484 Å². The van der Waals surface area contributed by atoms with E-state index < -0.39 is 228 Å². The monoisotopic (exact) mass is 1370 g/mol. The number of allylic oxidation sites excluding steroid dienone is 1. The van der Waals surface area contributed by atoms with Gasteiger partial charge in [-0.1, -0.05) is 39.3 Å². The van der Waals surface area contributed by atoms with Crippen molar-refractivity contribution < 1.29 is 153 Å². The summed E-state index contributed by atoms with van der Waals surface area (Å²) in [5, 5.41) is 197. The largest absolute Gasteiger partial charge is 0.394 e. The summed E-state index contributed by atoms with van der Waals surface area (Å²) in [6.45, 7) is 13.3. The molecule has 0 aromatic carbocycles. The third-order valence-corrected chi connectivity index (χ3v) is 24.3. The average molecular weight is 1370 g/mol. The first kappa shape index (κ1) is 74.7. The Balaban J connectivity index is 0.840. The zero-order chi connectivity index (χ0) is 69.1. The fourth-order valence-corrected chi connectivity index (χ4v) is 19.2. The van der Waals surface area contributed by atoms with Crippen molar-refractivity contribution in [1.82, 2.24) is 0 Å². The number of aliphatic hydroxyl groups excluding tert-OH is 17. The minimum absolute atomic E-state index is 0.0322. The zero-order valence-corrected chi connectivity index (χ0v) is 55.0. The van der Waals surface area contributed by atoms with E-state index in [4.69, 9.17) is 61.6 Å². The fraction of sp³-hybridized carbons (Fsp3) is 0.969. The summed E-state index contributed by atoms with van der Waals surface area (Å²) < 4.78 is 80.5. The number of rotatable bonds is 19. The second-order valence-electron chi connectivity index (χ2n) is 30.7. The van der Waals surface area contributed by atoms with Crippen LogP contribution in [0.25, 0.3) is 0 Å². The molecule has 31 heteroatoms. The highest BCUT2D eigenvalue weighted by Crippen LogP contribution is 2.78. The van der Waals surface area contributed by atoms with E-state index >= 15 is 0 Å². The van der Waals surface area contributed by atoms with Crippen LogP contribution < -0.4 is 0 Å². The molecule has 2 bridgehead atoms. The highest BCUT2D eigenvalue weighted by atomic mass is 16.8. The van der Waals surface area contributed by atoms with E-state index in [2.05, 4.69) is 27.7 Å². The van der Waals surface area contributed by atoms with Crippen molar-refractivity contribution in [2.24, 2.45) is 45.3 Å². The summed E-state index contributed by atoms with van der Waals surface area (Å²) in [5.41, 5.74) is -1.96. The van der Waals surface area contributed by atoms with Crippen molar-refractivity contribution in [3.63, 3.8) is 0 Å². The van der Waals surface area contributed by atoms with E-state index in [1.165, 1.54) is 6.92 Å². The molecule has 18 N–H and O–H groups in total. The average Bonchev–Trinajstić information content (AvgIpc) is 1.56. The van der Waals surface area contributed by atoms with Gasteiger partial charge in [-0.15, -0.1) is 0 Å². The maximum atomic E-state index is 12.9. The van der Waals surface area contributed by atoms with Crippen LogP contribution in [-0.2, 0) is 61.6 Å². The molecule has 7 saturated heterocycles. The van der Waals surface area contributed by atoms with Crippen LogP contribution in [0.3, 0.4) is 0 Å². The van der Waals surface area contributed by atoms with Gasteiger partial charge in [0.1, 0.15) is 128 Å². The van der Waals surface area contributed by atoms with Crippen molar-refractivity contribution in [1.29, 1.82) is 0 Å². The molecular weight excluding hydrogens is 1260 g/mol. The Bertz CT molecular complexity index is 2580. The number of aliphatic hydroxyl groups is 18. The van der Waals surface area contributed by atoms with Gasteiger partial charge in [0, 0.05) is 17.8 Å². The molecule has 7 aliphatic heterocycles. The molecule has 0 radical (unpaired) electrons. The molecule has 0 amide bonds. The van der Waals surface area contributed by atoms with Gasteiger partial charge in [-0.3, -0.25) is 0 Å². The quantitative estimate of drug-likeness (QED) is 0.0424. The number of ether oxygens (including phenoxy) is 13. The SMILES string of the molecule is CC(C)=CC(CC(C)(O)C1C2CC3(CO2)C1CCC1C2(C)CCC(OC4OCC(O)C(OC5OC(COC6OC(CO)C(O)C(O)C6O)C(O)C(O)C5OC5OCC(O)C(O)C5O)C4OC4OC(C)C(O)C(O)C4O)C(C)(C)C2CCC13C)OC1OC(CO)C(O)C(O)C1O. The molecule has 31 nitrogen and oxygen atoms in total. The maximum Gasteiger partial charge on any atom is 0.187 e. The number of hydrogen-bond acceptors (Lipinski definition) is 31. The van der Waals surface area contributed by atoms with Gasteiger partial charge in [-0.05, 0) is 107 Å². The van der Waals surface area contributed by atoms with Crippen LogP contribution in [0.15, 0.2) is 11.6 Å². The van der Waals surface area contributed by atoms with E-state index in [1.54, 1.807) is 0 Å². The molecule has 0 aromatic heterocycles. The molecule has 95 heavy (non-hydrogen) atoms. The normalized spacial score (nSPS) is 54.0. The highest BCUT2D eigenvalue weighted by molar-refractivity contribution is 5.24. The van der Waals surface area contributed by atoms with Gasteiger partial charge in [0.05, 0.1) is 69.7 Å². The van der Waals surface area contributed by atoms with Crippen LogP contribution in [0, 0.1) is 45.3 Å². The Morgan fingerprint density at radius 1 is 0.537 bits per heavy atom. The maximum absolute atomic E-state index is 12.9.